The molecule has 0 aliphatic rings. The molecule has 3 rings (SSSR count). The number of rotatable bonds is 8. The van der Waals surface area contributed by atoms with E-state index in [4.69, 9.17) is 11.6 Å². The van der Waals surface area contributed by atoms with E-state index in [9.17, 15) is 9.59 Å². The van der Waals surface area contributed by atoms with Crippen molar-refractivity contribution in [3.63, 3.8) is 0 Å². The van der Waals surface area contributed by atoms with Gasteiger partial charge in [0.2, 0.25) is 5.91 Å². The summed E-state index contributed by atoms with van der Waals surface area (Å²) in [6, 6.07) is 24.5. The number of nitrogens with one attached hydrogen (secondary N) is 2. The lowest BCUT2D eigenvalue weighted by molar-refractivity contribution is -0.117. The number of carbonyl (C=O) groups is 2. The highest BCUT2D eigenvalue weighted by atomic mass is 35.5. The maximum absolute atomic E-state index is 12.8. The third-order valence-corrected chi connectivity index (χ3v) is 5.28. The van der Waals surface area contributed by atoms with Crippen LogP contribution in [0.3, 0.4) is 0 Å². The molecule has 154 valence electrons. The molecule has 0 heterocycles. The van der Waals surface area contributed by atoms with E-state index >= 15 is 0 Å². The van der Waals surface area contributed by atoms with Gasteiger partial charge in [-0.3, -0.25) is 9.59 Å². The van der Waals surface area contributed by atoms with Crippen LogP contribution < -0.4 is 10.6 Å². The Balaban J connectivity index is 1.65. The molecule has 5 heteroatoms. The van der Waals surface area contributed by atoms with Crippen LogP contribution in [0.1, 0.15) is 40.7 Å². The van der Waals surface area contributed by atoms with Crippen LogP contribution in [0.25, 0.3) is 0 Å². The average molecular weight is 421 g/mol. The van der Waals surface area contributed by atoms with Crippen LogP contribution in [-0.2, 0) is 11.2 Å². The van der Waals surface area contributed by atoms with Gasteiger partial charge in [0.25, 0.3) is 5.91 Å². The van der Waals surface area contributed by atoms with Gasteiger partial charge in [-0.1, -0.05) is 79.2 Å². The van der Waals surface area contributed by atoms with E-state index < -0.39 is 0 Å². The van der Waals surface area contributed by atoms with Crippen LogP contribution in [-0.4, -0.2) is 18.4 Å². The predicted molar refractivity (Wildman–Crippen MR) is 122 cm³/mol. The first-order valence-electron chi connectivity index (χ1n) is 10.1. The van der Waals surface area contributed by atoms with Crippen molar-refractivity contribution in [1.82, 2.24) is 5.32 Å². The molecule has 4 nitrogen and oxygen atoms in total. The van der Waals surface area contributed by atoms with Crippen LogP contribution in [0.2, 0.25) is 5.02 Å². The zero-order valence-corrected chi connectivity index (χ0v) is 17.7. The van der Waals surface area contributed by atoms with Gasteiger partial charge >= 0.3 is 0 Å². The quantitative estimate of drug-likeness (QED) is 0.509. The van der Waals surface area contributed by atoms with Crippen molar-refractivity contribution in [1.29, 1.82) is 0 Å². The lowest BCUT2D eigenvalue weighted by atomic mass is 9.95. The zero-order valence-electron chi connectivity index (χ0n) is 16.9. The van der Waals surface area contributed by atoms with Gasteiger partial charge in [0, 0.05) is 12.1 Å². The number of hydrogen-bond acceptors (Lipinski definition) is 2. The SMILES string of the molecule is CC[C@@H](C(=O)Nc1cc(C(=O)NCCc2ccccc2)ccc1Cl)c1ccccc1. The molecule has 0 saturated carbocycles. The third kappa shape index (κ3) is 5.71. The fourth-order valence-electron chi connectivity index (χ4n) is 3.31. The first-order valence-corrected chi connectivity index (χ1v) is 10.4. The minimum Gasteiger partial charge on any atom is -0.352 e. The Hall–Kier alpha value is -3.11. The van der Waals surface area contributed by atoms with E-state index in [-0.39, 0.29) is 17.7 Å². The summed E-state index contributed by atoms with van der Waals surface area (Å²) in [5.41, 5.74) is 3.00. The smallest absolute Gasteiger partial charge is 0.251 e. The summed E-state index contributed by atoms with van der Waals surface area (Å²) in [4.78, 5) is 25.4. The van der Waals surface area contributed by atoms with Crippen molar-refractivity contribution < 1.29 is 9.59 Å². The molecule has 0 aliphatic heterocycles. The topological polar surface area (TPSA) is 58.2 Å². The van der Waals surface area contributed by atoms with Gasteiger partial charge in [0.1, 0.15) is 0 Å². The summed E-state index contributed by atoms with van der Waals surface area (Å²) in [5.74, 6) is -0.633. The van der Waals surface area contributed by atoms with Gasteiger partial charge < -0.3 is 10.6 Å². The largest absolute Gasteiger partial charge is 0.352 e. The van der Waals surface area contributed by atoms with E-state index in [1.54, 1.807) is 18.2 Å². The van der Waals surface area contributed by atoms with E-state index in [2.05, 4.69) is 10.6 Å². The number of carbonyl (C=O) groups excluding carboxylic acids is 2. The summed E-state index contributed by atoms with van der Waals surface area (Å²) in [5, 5.41) is 6.19. The fraction of sp³-hybridized carbons (Fsp3) is 0.200. The van der Waals surface area contributed by atoms with E-state index in [0.29, 0.717) is 29.2 Å². The van der Waals surface area contributed by atoms with Crippen molar-refractivity contribution in [3.8, 4) is 0 Å². The second-order valence-electron chi connectivity index (χ2n) is 7.05. The Morgan fingerprint density at radius 3 is 2.27 bits per heavy atom. The number of benzene rings is 3. The molecule has 0 unspecified atom stereocenters. The van der Waals surface area contributed by atoms with Gasteiger partial charge in [-0.05, 0) is 42.2 Å². The molecule has 0 bridgehead atoms. The minimum atomic E-state index is -0.286. The highest BCUT2D eigenvalue weighted by Crippen LogP contribution is 2.26. The maximum atomic E-state index is 12.8. The maximum Gasteiger partial charge on any atom is 0.251 e. The van der Waals surface area contributed by atoms with Crippen molar-refractivity contribution >= 4 is 29.1 Å². The van der Waals surface area contributed by atoms with Crippen LogP contribution in [0, 0.1) is 0 Å². The minimum absolute atomic E-state index is 0.146. The molecule has 2 amide bonds. The van der Waals surface area contributed by atoms with E-state index in [0.717, 1.165) is 17.5 Å². The highest BCUT2D eigenvalue weighted by molar-refractivity contribution is 6.34. The van der Waals surface area contributed by atoms with Gasteiger partial charge in [-0.25, -0.2) is 0 Å². The monoisotopic (exact) mass is 420 g/mol. The fourth-order valence-corrected chi connectivity index (χ4v) is 3.47. The number of halogens is 1. The lowest BCUT2D eigenvalue weighted by Gasteiger charge is -2.16. The standard InChI is InChI=1S/C25H25ClN2O2/c1-2-21(19-11-7-4-8-12-19)25(30)28-23-17-20(13-14-22(23)26)24(29)27-16-15-18-9-5-3-6-10-18/h3-14,17,21H,2,15-16H2,1H3,(H,27,29)(H,28,30)/t21-/m1/s1. The zero-order chi connectivity index (χ0) is 21.3. The molecule has 30 heavy (non-hydrogen) atoms. The van der Waals surface area contributed by atoms with Gasteiger partial charge in [-0.2, -0.15) is 0 Å². The third-order valence-electron chi connectivity index (χ3n) is 4.96. The highest BCUT2D eigenvalue weighted by Gasteiger charge is 2.20. The first-order chi connectivity index (χ1) is 14.6. The molecule has 0 aliphatic carbocycles. The number of anilines is 1. The molecular weight excluding hydrogens is 396 g/mol. The van der Waals surface area contributed by atoms with Gasteiger partial charge in [-0.15, -0.1) is 0 Å². The molecule has 0 radical (unpaired) electrons. The molecule has 0 aromatic heterocycles. The van der Waals surface area contributed by atoms with Crippen molar-refractivity contribution in [2.24, 2.45) is 0 Å². The molecule has 0 fully saturated rings. The van der Waals surface area contributed by atoms with Crippen molar-refractivity contribution in [3.05, 3.63) is 101 Å². The summed E-state index contributed by atoms with van der Waals surface area (Å²) < 4.78 is 0. The Labute approximate surface area is 182 Å². The van der Waals surface area contributed by atoms with Crippen LogP contribution in [0.5, 0.6) is 0 Å². The second kappa shape index (κ2) is 10.6. The number of amides is 2. The first kappa shape index (κ1) is 21.6. The van der Waals surface area contributed by atoms with Crippen LogP contribution in [0.15, 0.2) is 78.9 Å². The second-order valence-corrected chi connectivity index (χ2v) is 7.45. The Bertz CT molecular complexity index is 991. The molecule has 3 aromatic carbocycles. The van der Waals surface area contributed by atoms with Crippen LogP contribution >= 0.6 is 11.6 Å². The lowest BCUT2D eigenvalue weighted by Crippen LogP contribution is -2.26. The van der Waals surface area contributed by atoms with Gasteiger partial charge in [0.15, 0.2) is 0 Å². The Kier molecular flexibility index (Phi) is 7.63. The van der Waals surface area contributed by atoms with Gasteiger partial charge in [0.05, 0.1) is 16.6 Å². The van der Waals surface area contributed by atoms with Crippen LogP contribution in [0.4, 0.5) is 5.69 Å². The summed E-state index contributed by atoms with van der Waals surface area (Å²) in [6.45, 7) is 2.49. The molecule has 2 N–H and O–H groups in total. The summed E-state index contributed by atoms with van der Waals surface area (Å²) in [7, 11) is 0. The van der Waals surface area contributed by atoms with Crippen molar-refractivity contribution in [2.45, 2.75) is 25.7 Å². The normalized spacial score (nSPS) is 11.5. The molecule has 1 atom stereocenters. The average Bonchev–Trinajstić information content (AvgIpc) is 2.77. The number of hydrogen-bond donors (Lipinski definition) is 2. The van der Waals surface area contributed by atoms with E-state index in [1.807, 2.05) is 67.6 Å². The molecule has 3 aromatic rings. The molecule has 0 spiro atoms. The molecule has 0 saturated heterocycles. The Morgan fingerprint density at radius 2 is 1.60 bits per heavy atom. The van der Waals surface area contributed by atoms with E-state index in [1.165, 1.54) is 0 Å². The predicted octanol–water partition coefficient (Wildman–Crippen LogP) is 5.44. The summed E-state index contributed by atoms with van der Waals surface area (Å²) >= 11 is 6.28. The summed E-state index contributed by atoms with van der Waals surface area (Å²) in [6.07, 6.45) is 1.41. The molecular formula is C25H25ClN2O2. The van der Waals surface area contributed by atoms with Crippen molar-refractivity contribution in [2.75, 3.05) is 11.9 Å². The Morgan fingerprint density at radius 1 is 0.933 bits per heavy atom.